The van der Waals surface area contributed by atoms with Gasteiger partial charge in [-0.25, -0.2) is 0 Å². The number of rotatable bonds is 6. The van der Waals surface area contributed by atoms with Gasteiger partial charge in [-0.2, -0.15) is 0 Å². The monoisotopic (exact) mass is 283 g/mol. The zero-order chi connectivity index (χ0) is 15.1. The van der Waals surface area contributed by atoms with Crippen LogP contribution in [0.15, 0.2) is 0 Å². The summed E-state index contributed by atoms with van der Waals surface area (Å²) in [6, 6.07) is 0.426. The van der Waals surface area contributed by atoms with Crippen molar-refractivity contribution in [2.24, 2.45) is 11.7 Å². The number of hydrogen-bond donors (Lipinski definition) is 2. The molecule has 0 aromatic heterocycles. The van der Waals surface area contributed by atoms with Gasteiger partial charge in [0.25, 0.3) is 0 Å². The fraction of sp³-hybridized carbons (Fsp3) is 0.867. The highest BCUT2D eigenvalue weighted by Gasteiger charge is 2.23. The number of nitrogens with two attached hydrogens (primary N) is 1. The van der Waals surface area contributed by atoms with E-state index in [0.29, 0.717) is 0 Å². The fourth-order valence-electron chi connectivity index (χ4n) is 2.56. The standard InChI is InChI=1S/C15H29N3O2/c1-11(5-4-6-12(2)16)15(20)17-14-7-9-18(10-8-14)13(3)19/h11-12,14H,4-10,16H2,1-3H3,(H,17,20). The van der Waals surface area contributed by atoms with E-state index in [1.807, 2.05) is 18.7 Å². The lowest BCUT2D eigenvalue weighted by molar-refractivity contribution is -0.130. The highest BCUT2D eigenvalue weighted by Crippen LogP contribution is 2.13. The van der Waals surface area contributed by atoms with Gasteiger partial charge in [0.1, 0.15) is 0 Å². The predicted octanol–water partition coefficient (Wildman–Crippen LogP) is 1.27. The molecule has 0 aromatic rings. The van der Waals surface area contributed by atoms with Gasteiger partial charge in [-0.15, -0.1) is 0 Å². The van der Waals surface area contributed by atoms with Gasteiger partial charge in [0.15, 0.2) is 0 Å². The van der Waals surface area contributed by atoms with E-state index in [4.69, 9.17) is 5.73 Å². The van der Waals surface area contributed by atoms with Gasteiger partial charge in [0, 0.05) is 38.0 Å². The van der Waals surface area contributed by atoms with Crippen molar-refractivity contribution in [1.29, 1.82) is 0 Å². The largest absolute Gasteiger partial charge is 0.353 e. The van der Waals surface area contributed by atoms with Crippen molar-refractivity contribution in [2.45, 2.75) is 65.0 Å². The molecule has 1 saturated heterocycles. The van der Waals surface area contributed by atoms with Crippen molar-refractivity contribution >= 4 is 11.8 Å². The van der Waals surface area contributed by atoms with Gasteiger partial charge in [-0.3, -0.25) is 9.59 Å². The van der Waals surface area contributed by atoms with Crippen LogP contribution >= 0.6 is 0 Å². The third kappa shape index (κ3) is 5.90. The van der Waals surface area contributed by atoms with E-state index in [-0.39, 0.29) is 29.8 Å². The highest BCUT2D eigenvalue weighted by molar-refractivity contribution is 5.78. The molecule has 0 radical (unpaired) electrons. The Kier molecular flexibility index (Phi) is 6.99. The quantitative estimate of drug-likeness (QED) is 0.770. The summed E-state index contributed by atoms with van der Waals surface area (Å²) in [4.78, 5) is 25.2. The van der Waals surface area contributed by atoms with Gasteiger partial charge in [-0.05, 0) is 32.6 Å². The van der Waals surface area contributed by atoms with Crippen LogP contribution in [0.3, 0.4) is 0 Å². The summed E-state index contributed by atoms with van der Waals surface area (Å²) in [6.07, 6.45) is 4.57. The molecule has 1 aliphatic rings. The van der Waals surface area contributed by atoms with E-state index in [1.54, 1.807) is 6.92 Å². The van der Waals surface area contributed by atoms with Crippen molar-refractivity contribution in [1.82, 2.24) is 10.2 Å². The first kappa shape index (κ1) is 17.0. The molecule has 5 heteroatoms. The van der Waals surface area contributed by atoms with Crippen LogP contribution in [0.25, 0.3) is 0 Å². The Morgan fingerprint density at radius 2 is 1.85 bits per heavy atom. The average Bonchev–Trinajstić information content (AvgIpc) is 2.38. The van der Waals surface area contributed by atoms with Crippen LogP contribution in [-0.4, -0.2) is 41.9 Å². The van der Waals surface area contributed by atoms with E-state index in [1.165, 1.54) is 0 Å². The molecule has 3 N–H and O–H groups in total. The van der Waals surface area contributed by atoms with Crippen LogP contribution in [0.4, 0.5) is 0 Å². The molecule has 0 saturated carbocycles. The number of likely N-dealkylation sites (tertiary alicyclic amines) is 1. The lowest BCUT2D eigenvalue weighted by atomic mass is 9.99. The van der Waals surface area contributed by atoms with Crippen molar-refractivity contribution in [3.8, 4) is 0 Å². The minimum absolute atomic E-state index is 0.0413. The fourth-order valence-corrected chi connectivity index (χ4v) is 2.56. The summed E-state index contributed by atoms with van der Waals surface area (Å²) in [5, 5.41) is 3.11. The topological polar surface area (TPSA) is 75.4 Å². The molecule has 0 spiro atoms. The molecule has 1 fully saturated rings. The lowest BCUT2D eigenvalue weighted by Gasteiger charge is -2.32. The highest BCUT2D eigenvalue weighted by atomic mass is 16.2. The summed E-state index contributed by atoms with van der Waals surface area (Å²) in [6.45, 7) is 7.06. The summed E-state index contributed by atoms with van der Waals surface area (Å²) in [7, 11) is 0. The smallest absolute Gasteiger partial charge is 0.223 e. The van der Waals surface area contributed by atoms with Gasteiger partial charge in [-0.1, -0.05) is 13.3 Å². The molecule has 0 aromatic carbocycles. The van der Waals surface area contributed by atoms with Crippen LogP contribution < -0.4 is 11.1 Å². The Labute approximate surface area is 122 Å². The Balaban J connectivity index is 2.23. The van der Waals surface area contributed by atoms with Crippen molar-refractivity contribution in [3.05, 3.63) is 0 Å². The van der Waals surface area contributed by atoms with Crippen LogP contribution in [0.2, 0.25) is 0 Å². The number of hydrogen-bond acceptors (Lipinski definition) is 3. The van der Waals surface area contributed by atoms with E-state index < -0.39 is 0 Å². The molecule has 20 heavy (non-hydrogen) atoms. The van der Waals surface area contributed by atoms with Crippen LogP contribution in [0.5, 0.6) is 0 Å². The molecule has 0 bridgehead atoms. The van der Waals surface area contributed by atoms with E-state index in [9.17, 15) is 9.59 Å². The number of piperidine rings is 1. The summed E-state index contributed by atoms with van der Waals surface area (Å²) in [5.74, 6) is 0.301. The van der Waals surface area contributed by atoms with E-state index >= 15 is 0 Å². The maximum atomic E-state index is 12.1. The third-order valence-corrected chi connectivity index (χ3v) is 4.03. The molecule has 0 aliphatic carbocycles. The molecular weight excluding hydrogens is 254 g/mol. The summed E-state index contributed by atoms with van der Waals surface area (Å²) in [5.41, 5.74) is 5.71. The Morgan fingerprint density at radius 3 is 2.35 bits per heavy atom. The zero-order valence-corrected chi connectivity index (χ0v) is 13.0. The van der Waals surface area contributed by atoms with E-state index in [2.05, 4.69) is 5.32 Å². The summed E-state index contributed by atoms with van der Waals surface area (Å²) < 4.78 is 0. The van der Waals surface area contributed by atoms with Gasteiger partial charge in [0.05, 0.1) is 0 Å². The second-order valence-electron chi connectivity index (χ2n) is 6.10. The van der Waals surface area contributed by atoms with Gasteiger partial charge >= 0.3 is 0 Å². The SMILES string of the molecule is CC(=O)N1CCC(NC(=O)C(C)CCCC(C)N)CC1. The van der Waals surface area contributed by atoms with E-state index in [0.717, 1.165) is 45.2 Å². The van der Waals surface area contributed by atoms with Crippen LogP contribution in [0.1, 0.15) is 52.9 Å². The first-order valence-electron chi connectivity index (χ1n) is 7.71. The molecule has 116 valence electrons. The van der Waals surface area contributed by atoms with Crippen molar-refractivity contribution in [2.75, 3.05) is 13.1 Å². The molecule has 2 atom stereocenters. The normalized spacial score (nSPS) is 19.5. The molecular formula is C15H29N3O2. The molecule has 5 nitrogen and oxygen atoms in total. The maximum Gasteiger partial charge on any atom is 0.223 e. The molecule has 2 amide bonds. The first-order valence-corrected chi connectivity index (χ1v) is 7.71. The number of amides is 2. The van der Waals surface area contributed by atoms with Gasteiger partial charge in [0.2, 0.25) is 11.8 Å². The second-order valence-corrected chi connectivity index (χ2v) is 6.10. The maximum absolute atomic E-state index is 12.1. The van der Waals surface area contributed by atoms with Crippen molar-refractivity contribution in [3.63, 3.8) is 0 Å². The Hall–Kier alpha value is -1.10. The minimum atomic E-state index is 0.0413. The van der Waals surface area contributed by atoms with Crippen LogP contribution in [-0.2, 0) is 9.59 Å². The molecule has 2 unspecified atom stereocenters. The van der Waals surface area contributed by atoms with Crippen molar-refractivity contribution < 1.29 is 9.59 Å². The number of carbonyl (C=O) groups excluding carboxylic acids is 2. The summed E-state index contributed by atoms with van der Waals surface area (Å²) >= 11 is 0. The number of nitrogens with zero attached hydrogens (tertiary/aromatic N) is 1. The Bertz CT molecular complexity index is 323. The second kappa shape index (κ2) is 8.25. The number of nitrogens with one attached hydrogen (secondary N) is 1. The van der Waals surface area contributed by atoms with Crippen LogP contribution in [0, 0.1) is 5.92 Å². The zero-order valence-electron chi connectivity index (χ0n) is 13.0. The minimum Gasteiger partial charge on any atom is -0.353 e. The number of carbonyl (C=O) groups is 2. The third-order valence-electron chi connectivity index (χ3n) is 4.03. The molecule has 1 aliphatic heterocycles. The van der Waals surface area contributed by atoms with Gasteiger partial charge < -0.3 is 16.0 Å². The first-order chi connectivity index (χ1) is 9.40. The molecule has 1 heterocycles. The molecule has 1 rings (SSSR count). The Morgan fingerprint density at radius 1 is 1.25 bits per heavy atom. The average molecular weight is 283 g/mol. The predicted molar refractivity (Wildman–Crippen MR) is 80.1 cm³/mol. The lowest BCUT2D eigenvalue weighted by Crippen LogP contribution is -2.47.